The van der Waals surface area contributed by atoms with Gasteiger partial charge in [-0.25, -0.2) is 9.97 Å². The second-order valence-electron chi connectivity index (χ2n) is 7.58. The normalized spacial score (nSPS) is 11.2. The molecule has 0 aliphatic rings. The molecule has 3 heterocycles. The zero-order valence-corrected chi connectivity index (χ0v) is 18.3. The first kappa shape index (κ1) is 20.8. The third-order valence-electron chi connectivity index (χ3n) is 5.42. The standard InChI is InChI=1S/C24H19N5O3S/c30-21(28-24-25-14-22(33-24)29(31)32)11-5-8-17-16-7-2-4-10-19(16)27-23(17)20-13-12-15-6-1-3-9-18(15)26-20/h1-4,6-7,9-10,12-14,27H,5,8,11H2,(H,25,28,30). The van der Waals surface area contributed by atoms with Gasteiger partial charge in [-0.2, -0.15) is 0 Å². The fraction of sp³-hybridized carbons (Fsp3) is 0.125. The maximum absolute atomic E-state index is 12.4. The van der Waals surface area contributed by atoms with Crippen molar-refractivity contribution in [2.75, 3.05) is 5.32 Å². The number of carbonyl (C=O) groups is 1. The van der Waals surface area contributed by atoms with Crippen LogP contribution >= 0.6 is 11.3 Å². The number of nitro groups is 1. The fourth-order valence-electron chi connectivity index (χ4n) is 3.90. The van der Waals surface area contributed by atoms with E-state index in [-0.39, 0.29) is 22.5 Å². The van der Waals surface area contributed by atoms with Crippen LogP contribution in [0, 0.1) is 10.1 Å². The van der Waals surface area contributed by atoms with Crippen LogP contribution < -0.4 is 5.32 Å². The van der Waals surface area contributed by atoms with Gasteiger partial charge in [-0.3, -0.25) is 14.9 Å². The van der Waals surface area contributed by atoms with Gasteiger partial charge >= 0.3 is 5.00 Å². The number of thiazole rings is 1. The predicted molar refractivity (Wildman–Crippen MR) is 129 cm³/mol. The van der Waals surface area contributed by atoms with Crippen LogP contribution in [0.4, 0.5) is 10.1 Å². The van der Waals surface area contributed by atoms with E-state index in [1.165, 1.54) is 0 Å². The molecule has 3 aromatic heterocycles. The minimum absolute atomic E-state index is 0.100. The fourth-order valence-corrected chi connectivity index (χ4v) is 4.55. The number of amides is 1. The summed E-state index contributed by atoms with van der Waals surface area (Å²) in [4.78, 5) is 34.8. The molecule has 0 radical (unpaired) electrons. The quantitative estimate of drug-likeness (QED) is 0.240. The highest BCUT2D eigenvalue weighted by Gasteiger charge is 2.16. The molecule has 1 amide bonds. The van der Waals surface area contributed by atoms with E-state index in [0.29, 0.717) is 12.8 Å². The highest BCUT2D eigenvalue weighted by Crippen LogP contribution is 2.32. The Kier molecular flexibility index (Phi) is 5.54. The number of aromatic amines is 1. The average Bonchev–Trinajstić information content (AvgIpc) is 3.44. The van der Waals surface area contributed by atoms with Crippen molar-refractivity contribution in [2.24, 2.45) is 0 Å². The highest BCUT2D eigenvalue weighted by atomic mass is 32.1. The second kappa shape index (κ2) is 8.79. The first-order valence-corrected chi connectivity index (χ1v) is 11.3. The largest absolute Gasteiger partial charge is 0.353 e. The van der Waals surface area contributed by atoms with Crippen LogP contribution in [0.3, 0.4) is 0 Å². The third-order valence-corrected chi connectivity index (χ3v) is 6.28. The highest BCUT2D eigenvalue weighted by molar-refractivity contribution is 7.18. The Bertz CT molecular complexity index is 1490. The molecule has 5 rings (SSSR count). The minimum Gasteiger partial charge on any atom is -0.353 e. The van der Waals surface area contributed by atoms with E-state index in [1.807, 2.05) is 48.5 Å². The Morgan fingerprint density at radius 2 is 1.91 bits per heavy atom. The summed E-state index contributed by atoms with van der Waals surface area (Å²) in [6.07, 6.45) is 2.72. The van der Waals surface area contributed by atoms with Crippen molar-refractivity contribution in [3.05, 3.63) is 82.5 Å². The van der Waals surface area contributed by atoms with Gasteiger partial charge in [0.2, 0.25) is 5.91 Å². The summed E-state index contributed by atoms with van der Waals surface area (Å²) < 4.78 is 0. The van der Waals surface area contributed by atoms with Gasteiger partial charge in [-0.05, 0) is 47.9 Å². The molecule has 0 atom stereocenters. The lowest BCUT2D eigenvalue weighted by molar-refractivity contribution is -0.380. The first-order valence-electron chi connectivity index (χ1n) is 10.4. The van der Waals surface area contributed by atoms with Crippen LogP contribution in [0.25, 0.3) is 33.2 Å². The van der Waals surface area contributed by atoms with E-state index < -0.39 is 4.92 Å². The molecule has 9 heteroatoms. The van der Waals surface area contributed by atoms with Crippen molar-refractivity contribution in [3.8, 4) is 11.4 Å². The maximum Gasteiger partial charge on any atom is 0.345 e. The van der Waals surface area contributed by atoms with Gasteiger partial charge < -0.3 is 10.3 Å². The lowest BCUT2D eigenvalue weighted by atomic mass is 10.0. The Labute approximate surface area is 192 Å². The number of nitrogens with one attached hydrogen (secondary N) is 2. The number of para-hydroxylation sites is 2. The SMILES string of the molecule is O=C(CCCc1c(-c2ccc3ccccc3n2)[nH]c2ccccc12)Nc1ncc([N+](=O)[O-])s1. The molecule has 2 aromatic carbocycles. The van der Waals surface area contributed by atoms with Crippen molar-refractivity contribution < 1.29 is 9.72 Å². The van der Waals surface area contributed by atoms with Gasteiger partial charge in [0.15, 0.2) is 5.13 Å². The Balaban J connectivity index is 1.36. The summed E-state index contributed by atoms with van der Waals surface area (Å²) in [5.41, 5.74) is 4.89. The number of anilines is 1. The van der Waals surface area contributed by atoms with E-state index >= 15 is 0 Å². The number of carbonyl (C=O) groups excluding carboxylic acids is 1. The van der Waals surface area contributed by atoms with Gasteiger partial charge in [0.05, 0.1) is 21.8 Å². The molecule has 0 bridgehead atoms. The van der Waals surface area contributed by atoms with E-state index in [4.69, 9.17) is 4.98 Å². The number of hydrogen-bond donors (Lipinski definition) is 2. The summed E-state index contributed by atoms with van der Waals surface area (Å²) in [6, 6.07) is 20.2. The van der Waals surface area contributed by atoms with Gasteiger partial charge in [-0.15, -0.1) is 0 Å². The Morgan fingerprint density at radius 1 is 1.09 bits per heavy atom. The van der Waals surface area contributed by atoms with Crippen LogP contribution in [0.1, 0.15) is 18.4 Å². The summed E-state index contributed by atoms with van der Waals surface area (Å²) in [5, 5.41) is 15.8. The molecule has 0 aliphatic heterocycles. The maximum atomic E-state index is 12.4. The number of fused-ring (bicyclic) bond motifs is 2. The van der Waals surface area contributed by atoms with Crippen LogP contribution in [-0.2, 0) is 11.2 Å². The Hall–Kier alpha value is -4.11. The number of nitrogens with zero attached hydrogens (tertiary/aromatic N) is 3. The van der Waals surface area contributed by atoms with Crippen LogP contribution in [0.5, 0.6) is 0 Å². The molecule has 8 nitrogen and oxygen atoms in total. The van der Waals surface area contributed by atoms with Crippen LogP contribution in [0.2, 0.25) is 0 Å². The summed E-state index contributed by atoms with van der Waals surface area (Å²) in [7, 11) is 0. The zero-order chi connectivity index (χ0) is 22.8. The van der Waals surface area contributed by atoms with Crippen LogP contribution in [-0.4, -0.2) is 25.8 Å². The number of rotatable bonds is 7. The monoisotopic (exact) mass is 457 g/mol. The van der Waals surface area contributed by atoms with Crippen molar-refractivity contribution in [2.45, 2.75) is 19.3 Å². The molecule has 0 spiro atoms. The van der Waals surface area contributed by atoms with E-state index in [9.17, 15) is 14.9 Å². The number of aryl methyl sites for hydroxylation is 1. The van der Waals surface area contributed by atoms with E-state index in [1.54, 1.807) is 0 Å². The minimum atomic E-state index is -0.521. The number of H-pyrrole nitrogens is 1. The average molecular weight is 458 g/mol. The van der Waals surface area contributed by atoms with Crippen molar-refractivity contribution >= 4 is 49.2 Å². The summed E-state index contributed by atoms with van der Waals surface area (Å²) in [5.74, 6) is -0.218. The topological polar surface area (TPSA) is 114 Å². The van der Waals surface area contributed by atoms with Crippen molar-refractivity contribution in [1.82, 2.24) is 15.0 Å². The lowest BCUT2D eigenvalue weighted by Gasteiger charge is -2.07. The lowest BCUT2D eigenvalue weighted by Crippen LogP contribution is -2.11. The van der Waals surface area contributed by atoms with Crippen LogP contribution in [0.15, 0.2) is 66.9 Å². The molecule has 0 aliphatic carbocycles. The number of aromatic nitrogens is 3. The molecule has 33 heavy (non-hydrogen) atoms. The number of benzene rings is 2. The molecule has 0 fully saturated rings. The number of pyridine rings is 1. The van der Waals surface area contributed by atoms with E-state index in [0.717, 1.165) is 56.3 Å². The zero-order valence-electron chi connectivity index (χ0n) is 17.4. The molecule has 0 unspecified atom stereocenters. The molecule has 2 N–H and O–H groups in total. The molecule has 164 valence electrons. The number of hydrogen-bond acceptors (Lipinski definition) is 6. The molecular formula is C24H19N5O3S. The van der Waals surface area contributed by atoms with E-state index in [2.05, 4.69) is 27.4 Å². The van der Waals surface area contributed by atoms with Crippen molar-refractivity contribution in [3.63, 3.8) is 0 Å². The Morgan fingerprint density at radius 3 is 2.76 bits per heavy atom. The van der Waals surface area contributed by atoms with Gasteiger partial charge in [0.25, 0.3) is 0 Å². The van der Waals surface area contributed by atoms with Crippen molar-refractivity contribution in [1.29, 1.82) is 0 Å². The first-order chi connectivity index (χ1) is 16.1. The van der Waals surface area contributed by atoms with Gasteiger partial charge in [-0.1, -0.05) is 42.5 Å². The second-order valence-corrected chi connectivity index (χ2v) is 8.58. The van der Waals surface area contributed by atoms with Gasteiger partial charge in [0.1, 0.15) is 6.20 Å². The molecule has 5 aromatic rings. The van der Waals surface area contributed by atoms with Gasteiger partial charge in [0, 0.05) is 22.7 Å². The smallest absolute Gasteiger partial charge is 0.345 e. The summed E-state index contributed by atoms with van der Waals surface area (Å²) >= 11 is 0.848. The molecular weight excluding hydrogens is 438 g/mol. The molecule has 0 saturated carbocycles. The third kappa shape index (κ3) is 4.31. The summed E-state index contributed by atoms with van der Waals surface area (Å²) in [6.45, 7) is 0. The predicted octanol–water partition coefficient (Wildman–Crippen LogP) is 5.71. The molecule has 0 saturated heterocycles.